The summed E-state index contributed by atoms with van der Waals surface area (Å²) in [4.78, 5) is 15.9. The van der Waals surface area contributed by atoms with E-state index in [1.165, 1.54) is 9.08 Å². The summed E-state index contributed by atoms with van der Waals surface area (Å²) < 4.78 is 3.00. The van der Waals surface area contributed by atoms with E-state index in [-0.39, 0.29) is 5.69 Å². The van der Waals surface area contributed by atoms with Gasteiger partial charge in [0, 0.05) is 25.0 Å². The van der Waals surface area contributed by atoms with Crippen LogP contribution in [0, 0.1) is 0 Å². The Bertz CT molecular complexity index is 544. The predicted octanol–water partition coefficient (Wildman–Crippen LogP) is 0.279. The molecule has 6 heteroatoms. The van der Waals surface area contributed by atoms with Crippen molar-refractivity contribution >= 4 is 5.65 Å². The van der Waals surface area contributed by atoms with Crippen LogP contribution in [0.25, 0.3) is 5.65 Å². The van der Waals surface area contributed by atoms with Gasteiger partial charge in [0.25, 0.3) is 0 Å². The number of nitrogens with one attached hydrogen (secondary N) is 1. The maximum Gasteiger partial charge on any atom is 0.350 e. The molecule has 2 aromatic heterocycles. The molecule has 92 valence electrons. The van der Waals surface area contributed by atoms with E-state index < -0.39 is 0 Å². The van der Waals surface area contributed by atoms with Crippen molar-refractivity contribution < 1.29 is 0 Å². The van der Waals surface area contributed by atoms with E-state index in [2.05, 4.69) is 29.2 Å². The molecule has 0 aromatic carbocycles. The minimum absolute atomic E-state index is 0.105. The summed E-state index contributed by atoms with van der Waals surface area (Å²) in [6.07, 6.45) is 5.69. The fourth-order valence-electron chi connectivity index (χ4n) is 1.79. The first-order chi connectivity index (χ1) is 8.22. The van der Waals surface area contributed by atoms with Crippen molar-refractivity contribution in [2.24, 2.45) is 0 Å². The number of aryl methyl sites for hydroxylation is 1. The summed E-state index contributed by atoms with van der Waals surface area (Å²) in [5, 5.41) is 7.53. The van der Waals surface area contributed by atoms with Crippen LogP contribution < -0.4 is 11.0 Å². The van der Waals surface area contributed by atoms with Crippen molar-refractivity contribution in [2.45, 2.75) is 32.9 Å². The second-order valence-corrected chi connectivity index (χ2v) is 4.06. The zero-order chi connectivity index (χ0) is 12.3. The standard InChI is InChI=1S/C11H17N5O/c1-3-13-9(2)4-6-16-11(17)15-7-5-12-8-10(15)14-16/h5,7-9,13H,3-4,6H2,1-2H3. The SMILES string of the molecule is CCNC(C)CCn1nc2cnccn2c1=O. The highest BCUT2D eigenvalue weighted by Crippen LogP contribution is 1.96. The second-order valence-electron chi connectivity index (χ2n) is 4.06. The molecule has 0 aliphatic carbocycles. The summed E-state index contributed by atoms with van der Waals surface area (Å²) in [7, 11) is 0. The minimum atomic E-state index is -0.105. The van der Waals surface area contributed by atoms with E-state index >= 15 is 0 Å². The molecule has 0 fully saturated rings. The van der Waals surface area contributed by atoms with Crippen molar-refractivity contribution in [2.75, 3.05) is 6.54 Å². The van der Waals surface area contributed by atoms with Gasteiger partial charge in [-0.2, -0.15) is 0 Å². The largest absolute Gasteiger partial charge is 0.350 e. The number of fused-ring (bicyclic) bond motifs is 1. The lowest BCUT2D eigenvalue weighted by molar-refractivity contribution is 0.461. The number of hydrogen-bond acceptors (Lipinski definition) is 4. The van der Waals surface area contributed by atoms with E-state index in [9.17, 15) is 4.79 Å². The van der Waals surface area contributed by atoms with Gasteiger partial charge in [-0.25, -0.2) is 13.9 Å². The van der Waals surface area contributed by atoms with Crippen LogP contribution in [0.5, 0.6) is 0 Å². The van der Waals surface area contributed by atoms with Crippen LogP contribution in [0.15, 0.2) is 23.4 Å². The van der Waals surface area contributed by atoms with Crippen LogP contribution in [0.2, 0.25) is 0 Å². The van der Waals surface area contributed by atoms with Gasteiger partial charge in [0.2, 0.25) is 0 Å². The molecule has 0 radical (unpaired) electrons. The van der Waals surface area contributed by atoms with Gasteiger partial charge in [-0.1, -0.05) is 6.92 Å². The number of hydrogen-bond donors (Lipinski definition) is 1. The third kappa shape index (κ3) is 2.52. The van der Waals surface area contributed by atoms with Crippen molar-refractivity contribution in [1.29, 1.82) is 0 Å². The molecule has 0 amide bonds. The van der Waals surface area contributed by atoms with Gasteiger partial charge >= 0.3 is 5.69 Å². The average molecular weight is 235 g/mol. The normalized spacial score (nSPS) is 13.1. The van der Waals surface area contributed by atoms with E-state index in [4.69, 9.17) is 0 Å². The van der Waals surface area contributed by atoms with E-state index in [1.807, 2.05) is 0 Å². The van der Waals surface area contributed by atoms with Crippen LogP contribution in [-0.2, 0) is 6.54 Å². The molecule has 2 rings (SSSR count). The van der Waals surface area contributed by atoms with Crippen molar-refractivity contribution in [3.05, 3.63) is 29.1 Å². The average Bonchev–Trinajstić information content (AvgIpc) is 2.65. The van der Waals surface area contributed by atoms with E-state index in [1.54, 1.807) is 18.6 Å². The van der Waals surface area contributed by atoms with Crippen molar-refractivity contribution in [1.82, 2.24) is 24.5 Å². The van der Waals surface area contributed by atoms with Crippen LogP contribution in [0.3, 0.4) is 0 Å². The minimum Gasteiger partial charge on any atom is -0.314 e. The van der Waals surface area contributed by atoms with Gasteiger partial charge in [0.15, 0.2) is 5.65 Å². The quantitative estimate of drug-likeness (QED) is 0.808. The molecule has 2 aromatic rings. The highest BCUT2D eigenvalue weighted by molar-refractivity contribution is 5.31. The zero-order valence-electron chi connectivity index (χ0n) is 10.1. The maximum absolute atomic E-state index is 11.9. The molecular formula is C11H17N5O. The van der Waals surface area contributed by atoms with Crippen LogP contribution in [0.1, 0.15) is 20.3 Å². The third-order valence-electron chi connectivity index (χ3n) is 2.72. The Labute approximate surface area is 99.3 Å². The summed E-state index contributed by atoms with van der Waals surface area (Å²) in [6, 6.07) is 0.384. The second kappa shape index (κ2) is 5.09. The van der Waals surface area contributed by atoms with Gasteiger partial charge in [0.05, 0.1) is 6.20 Å². The summed E-state index contributed by atoms with van der Waals surface area (Å²) in [5.74, 6) is 0. The highest BCUT2D eigenvalue weighted by atomic mass is 16.2. The number of nitrogens with zero attached hydrogens (tertiary/aromatic N) is 4. The zero-order valence-corrected chi connectivity index (χ0v) is 10.1. The molecule has 2 heterocycles. The number of aromatic nitrogens is 4. The van der Waals surface area contributed by atoms with Crippen LogP contribution in [0.4, 0.5) is 0 Å². The van der Waals surface area contributed by atoms with Crippen molar-refractivity contribution in [3.63, 3.8) is 0 Å². The van der Waals surface area contributed by atoms with Gasteiger partial charge in [-0.3, -0.25) is 4.98 Å². The van der Waals surface area contributed by atoms with Crippen molar-refractivity contribution in [3.8, 4) is 0 Å². The Balaban J connectivity index is 2.14. The molecule has 0 spiro atoms. The lowest BCUT2D eigenvalue weighted by atomic mass is 10.2. The van der Waals surface area contributed by atoms with Gasteiger partial charge in [0.1, 0.15) is 0 Å². The van der Waals surface area contributed by atoms with E-state index in [0.29, 0.717) is 18.2 Å². The molecular weight excluding hydrogens is 218 g/mol. The Hall–Kier alpha value is -1.69. The first-order valence-electron chi connectivity index (χ1n) is 5.85. The fourth-order valence-corrected chi connectivity index (χ4v) is 1.79. The van der Waals surface area contributed by atoms with Crippen LogP contribution >= 0.6 is 0 Å². The predicted molar refractivity (Wildman–Crippen MR) is 65.0 cm³/mol. The van der Waals surface area contributed by atoms with Gasteiger partial charge in [-0.15, -0.1) is 5.10 Å². The summed E-state index contributed by atoms with van der Waals surface area (Å²) >= 11 is 0. The summed E-state index contributed by atoms with van der Waals surface area (Å²) in [5.41, 5.74) is 0.486. The summed E-state index contributed by atoms with van der Waals surface area (Å²) in [6.45, 7) is 5.73. The monoisotopic (exact) mass is 235 g/mol. The Morgan fingerprint density at radius 2 is 2.35 bits per heavy atom. The molecule has 1 unspecified atom stereocenters. The first kappa shape index (κ1) is 11.8. The lowest BCUT2D eigenvalue weighted by Gasteiger charge is -2.10. The highest BCUT2D eigenvalue weighted by Gasteiger charge is 2.07. The maximum atomic E-state index is 11.9. The van der Waals surface area contributed by atoms with Gasteiger partial charge < -0.3 is 5.32 Å². The Kier molecular flexibility index (Phi) is 3.53. The van der Waals surface area contributed by atoms with E-state index in [0.717, 1.165) is 13.0 Å². The molecule has 0 bridgehead atoms. The lowest BCUT2D eigenvalue weighted by Crippen LogP contribution is -2.29. The third-order valence-corrected chi connectivity index (χ3v) is 2.72. The Morgan fingerprint density at radius 1 is 1.53 bits per heavy atom. The smallest absolute Gasteiger partial charge is 0.314 e. The number of rotatable bonds is 5. The molecule has 17 heavy (non-hydrogen) atoms. The fraction of sp³-hybridized carbons (Fsp3) is 0.545. The molecule has 0 aliphatic rings. The van der Waals surface area contributed by atoms with Crippen LogP contribution in [-0.4, -0.2) is 31.8 Å². The molecule has 0 saturated heterocycles. The molecule has 0 saturated carbocycles. The topological polar surface area (TPSA) is 64.2 Å². The molecule has 1 N–H and O–H groups in total. The molecule has 1 atom stereocenters. The Morgan fingerprint density at radius 3 is 3.06 bits per heavy atom. The first-order valence-corrected chi connectivity index (χ1v) is 5.85. The van der Waals surface area contributed by atoms with Gasteiger partial charge in [-0.05, 0) is 19.9 Å². The molecule has 0 aliphatic heterocycles. The molecule has 6 nitrogen and oxygen atoms in total.